The fourth-order valence-electron chi connectivity index (χ4n) is 2.44. The van der Waals surface area contributed by atoms with Gasteiger partial charge in [-0.25, -0.2) is 4.39 Å². The van der Waals surface area contributed by atoms with E-state index in [2.05, 4.69) is 22.2 Å². The van der Waals surface area contributed by atoms with E-state index in [9.17, 15) is 4.39 Å². The summed E-state index contributed by atoms with van der Waals surface area (Å²) >= 11 is 0. The molecule has 0 saturated carbocycles. The van der Waals surface area contributed by atoms with Gasteiger partial charge in [0.1, 0.15) is 18.2 Å². The first-order valence-electron chi connectivity index (χ1n) is 7.71. The predicted octanol–water partition coefficient (Wildman–Crippen LogP) is 1.56. The van der Waals surface area contributed by atoms with Crippen molar-refractivity contribution in [2.45, 2.75) is 13.5 Å². The van der Waals surface area contributed by atoms with Gasteiger partial charge < -0.3 is 15.0 Å². The van der Waals surface area contributed by atoms with Crippen LogP contribution >= 0.6 is 0 Å². The van der Waals surface area contributed by atoms with Crippen molar-refractivity contribution in [3.05, 3.63) is 29.6 Å². The van der Waals surface area contributed by atoms with Crippen LogP contribution in [0.1, 0.15) is 12.5 Å². The molecule has 0 radical (unpaired) electrons. The van der Waals surface area contributed by atoms with E-state index in [0.29, 0.717) is 18.9 Å². The van der Waals surface area contributed by atoms with Gasteiger partial charge >= 0.3 is 0 Å². The summed E-state index contributed by atoms with van der Waals surface area (Å²) in [6, 6.07) is 4.92. The van der Waals surface area contributed by atoms with E-state index in [0.717, 1.165) is 44.8 Å². The Morgan fingerprint density at radius 1 is 1.19 bits per heavy atom. The van der Waals surface area contributed by atoms with Crippen molar-refractivity contribution in [3.8, 4) is 5.75 Å². The lowest BCUT2D eigenvalue weighted by molar-refractivity contribution is 0.133. The molecule has 4 nitrogen and oxygen atoms in total. The fraction of sp³-hybridized carbons (Fsp3) is 0.625. The second-order valence-corrected chi connectivity index (χ2v) is 5.57. The van der Waals surface area contributed by atoms with E-state index >= 15 is 0 Å². The lowest BCUT2D eigenvalue weighted by Gasteiger charge is -2.32. The van der Waals surface area contributed by atoms with E-state index in [-0.39, 0.29) is 5.82 Å². The maximum atomic E-state index is 13.6. The third kappa shape index (κ3) is 5.61. The molecule has 1 aromatic rings. The molecule has 21 heavy (non-hydrogen) atoms. The molecule has 0 amide bonds. The maximum absolute atomic E-state index is 13.6. The van der Waals surface area contributed by atoms with E-state index < -0.39 is 0 Å². The third-order valence-corrected chi connectivity index (χ3v) is 3.78. The van der Waals surface area contributed by atoms with Crippen molar-refractivity contribution >= 4 is 0 Å². The molecule has 5 heteroatoms. The van der Waals surface area contributed by atoms with E-state index in [4.69, 9.17) is 4.74 Å². The number of nitrogens with one attached hydrogen (secondary N) is 1. The molecule has 2 rings (SSSR count). The molecule has 1 aromatic carbocycles. The van der Waals surface area contributed by atoms with Crippen LogP contribution in [0.3, 0.4) is 0 Å². The van der Waals surface area contributed by atoms with Crippen LogP contribution in [-0.2, 0) is 6.54 Å². The molecular formula is C16H26FN3O. The Bertz CT molecular complexity index is 434. The van der Waals surface area contributed by atoms with Gasteiger partial charge in [-0.3, -0.25) is 4.90 Å². The van der Waals surface area contributed by atoms with E-state index in [1.807, 2.05) is 13.0 Å². The van der Waals surface area contributed by atoms with Gasteiger partial charge in [0.25, 0.3) is 0 Å². The molecule has 1 heterocycles. The zero-order valence-electron chi connectivity index (χ0n) is 13.1. The van der Waals surface area contributed by atoms with Crippen LogP contribution in [0.4, 0.5) is 4.39 Å². The lowest BCUT2D eigenvalue weighted by atomic mass is 10.2. The average Bonchev–Trinajstić information content (AvgIpc) is 2.47. The molecule has 0 atom stereocenters. The van der Waals surface area contributed by atoms with Gasteiger partial charge in [0.05, 0.1) is 0 Å². The molecule has 0 spiro atoms. The Morgan fingerprint density at radius 2 is 1.95 bits per heavy atom. The van der Waals surface area contributed by atoms with Gasteiger partial charge in [0, 0.05) is 45.3 Å². The Labute approximate surface area is 126 Å². The molecule has 118 valence electrons. The van der Waals surface area contributed by atoms with Crippen LogP contribution < -0.4 is 10.1 Å². The SMILES string of the molecule is CCNCc1cc(F)cc(OCCN2CCN(C)CC2)c1. The number of likely N-dealkylation sites (N-methyl/N-ethyl adjacent to an activating group) is 1. The first-order valence-corrected chi connectivity index (χ1v) is 7.71. The molecular weight excluding hydrogens is 269 g/mol. The van der Waals surface area contributed by atoms with Gasteiger partial charge in [-0.2, -0.15) is 0 Å². The highest BCUT2D eigenvalue weighted by Crippen LogP contribution is 2.16. The van der Waals surface area contributed by atoms with Crippen molar-refractivity contribution in [2.75, 3.05) is 52.9 Å². The number of nitrogens with zero attached hydrogens (tertiary/aromatic N) is 2. The average molecular weight is 295 g/mol. The summed E-state index contributed by atoms with van der Waals surface area (Å²) in [6.07, 6.45) is 0. The van der Waals surface area contributed by atoms with Crippen LogP contribution in [-0.4, -0.2) is 62.7 Å². The molecule has 1 aliphatic rings. The minimum Gasteiger partial charge on any atom is -0.492 e. The van der Waals surface area contributed by atoms with Gasteiger partial charge in [-0.05, 0) is 31.3 Å². The van der Waals surface area contributed by atoms with Crippen molar-refractivity contribution < 1.29 is 9.13 Å². The third-order valence-electron chi connectivity index (χ3n) is 3.78. The van der Waals surface area contributed by atoms with Crippen LogP contribution in [0.15, 0.2) is 18.2 Å². The Balaban J connectivity index is 1.78. The summed E-state index contributed by atoms with van der Waals surface area (Å²) in [5, 5.41) is 3.20. The van der Waals surface area contributed by atoms with E-state index in [1.165, 1.54) is 6.07 Å². The summed E-state index contributed by atoms with van der Waals surface area (Å²) in [5.74, 6) is 0.386. The highest BCUT2D eigenvalue weighted by molar-refractivity contribution is 5.29. The summed E-state index contributed by atoms with van der Waals surface area (Å²) < 4.78 is 19.3. The smallest absolute Gasteiger partial charge is 0.127 e. The van der Waals surface area contributed by atoms with Crippen LogP contribution in [0.25, 0.3) is 0 Å². The number of benzene rings is 1. The molecule has 0 bridgehead atoms. The first-order chi connectivity index (χ1) is 10.2. The normalized spacial score (nSPS) is 17.1. The van der Waals surface area contributed by atoms with Gasteiger partial charge in [-0.15, -0.1) is 0 Å². The molecule has 0 aliphatic carbocycles. The number of halogens is 1. The molecule has 1 N–H and O–H groups in total. The number of rotatable bonds is 7. The van der Waals surface area contributed by atoms with Crippen molar-refractivity contribution in [1.82, 2.24) is 15.1 Å². The monoisotopic (exact) mass is 295 g/mol. The Kier molecular flexibility index (Phi) is 6.42. The zero-order chi connectivity index (χ0) is 15.1. The van der Waals surface area contributed by atoms with Crippen LogP contribution in [0.5, 0.6) is 5.75 Å². The van der Waals surface area contributed by atoms with Gasteiger partial charge in [0.15, 0.2) is 0 Å². The lowest BCUT2D eigenvalue weighted by Crippen LogP contribution is -2.45. The standard InChI is InChI=1S/C16H26FN3O/c1-3-18-13-14-10-15(17)12-16(11-14)21-9-8-20-6-4-19(2)5-7-20/h10-12,18H,3-9,13H2,1-2H3. The molecule has 0 aromatic heterocycles. The van der Waals surface area contributed by atoms with Gasteiger partial charge in [-0.1, -0.05) is 6.92 Å². The largest absolute Gasteiger partial charge is 0.492 e. The summed E-state index contributed by atoms with van der Waals surface area (Å²) in [4.78, 5) is 4.72. The maximum Gasteiger partial charge on any atom is 0.127 e. The minimum absolute atomic E-state index is 0.236. The topological polar surface area (TPSA) is 27.7 Å². The number of ether oxygens (including phenoxy) is 1. The molecule has 1 fully saturated rings. The number of piperazine rings is 1. The minimum atomic E-state index is -0.236. The fourth-order valence-corrected chi connectivity index (χ4v) is 2.44. The van der Waals surface area contributed by atoms with Crippen LogP contribution in [0, 0.1) is 5.82 Å². The number of hydrogen-bond acceptors (Lipinski definition) is 4. The van der Waals surface area contributed by atoms with Crippen molar-refractivity contribution in [3.63, 3.8) is 0 Å². The number of hydrogen-bond donors (Lipinski definition) is 1. The second-order valence-electron chi connectivity index (χ2n) is 5.57. The zero-order valence-corrected chi connectivity index (χ0v) is 13.1. The molecule has 1 saturated heterocycles. The van der Waals surface area contributed by atoms with Crippen molar-refractivity contribution in [1.29, 1.82) is 0 Å². The van der Waals surface area contributed by atoms with Gasteiger partial charge in [0.2, 0.25) is 0 Å². The summed E-state index contributed by atoms with van der Waals surface area (Å²) in [7, 11) is 2.15. The first kappa shape index (κ1) is 16.2. The highest BCUT2D eigenvalue weighted by Gasteiger charge is 2.13. The van der Waals surface area contributed by atoms with E-state index in [1.54, 1.807) is 6.07 Å². The van der Waals surface area contributed by atoms with Crippen molar-refractivity contribution in [2.24, 2.45) is 0 Å². The highest BCUT2D eigenvalue weighted by atomic mass is 19.1. The second kappa shape index (κ2) is 8.32. The Morgan fingerprint density at radius 3 is 2.67 bits per heavy atom. The molecule has 0 unspecified atom stereocenters. The Hall–Kier alpha value is -1.17. The summed E-state index contributed by atoms with van der Waals surface area (Å²) in [6.45, 7) is 9.44. The summed E-state index contributed by atoms with van der Waals surface area (Å²) in [5.41, 5.74) is 0.923. The van der Waals surface area contributed by atoms with Crippen LogP contribution in [0.2, 0.25) is 0 Å². The molecule has 1 aliphatic heterocycles. The quantitative estimate of drug-likeness (QED) is 0.826. The predicted molar refractivity (Wildman–Crippen MR) is 83.2 cm³/mol.